The number of benzene rings is 1. The van der Waals surface area contributed by atoms with Crippen LogP contribution >= 0.6 is 0 Å². The lowest BCUT2D eigenvalue weighted by molar-refractivity contribution is -0.117. The fourth-order valence-electron chi connectivity index (χ4n) is 5.45. The molecule has 5 rings (SSSR count). The maximum atomic E-state index is 12.9. The summed E-state index contributed by atoms with van der Waals surface area (Å²) in [5.41, 5.74) is 3.25. The Morgan fingerprint density at radius 1 is 1.14 bits per heavy atom. The summed E-state index contributed by atoms with van der Waals surface area (Å²) in [6, 6.07) is 8.66. The highest BCUT2D eigenvalue weighted by atomic mass is 19.1. The van der Waals surface area contributed by atoms with E-state index in [-0.39, 0.29) is 12.6 Å². The molecule has 0 saturated heterocycles. The number of amides is 1. The summed E-state index contributed by atoms with van der Waals surface area (Å²) in [7, 11) is 2.04. The topological polar surface area (TPSA) is 66.3 Å². The van der Waals surface area contributed by atoms with Crippen LogP contribution in [0.25, 0.3) is 21.9 Å². The second-order valence-electron chi connectivity index (χ2n) is 10.2. The second kappa shape index (κ2) is 10.4. The number of hydrogen-bond donors (Lipinski definition) is 1. The number of halogens is 1. The van der Waals surface area contributed by atoms with Crippen LogP contribution in [0.2, 0.25) is 0 Å². The van der Waals surface area contributed by atoms with Crippen LogP contribution in [0.4, 0.5) is 10.2 Å². The Labute approximate surface area is 206 Å². The van der Waals surface area contributed by atoms with Gasteiger partial charge < -0.3 is 5.32 Å². The largest absolute Gasteiger partial charge is 0.310 e. The zero-order chi connectivity index (χ0) is 24.4. The average Bonchev–Trinajstić information content (AvgIpc) is 3.27. The first-order valence-corrected chi connectivity index (χ1v) is 12.7. The van der Waals surface area contributed by atoms with E-state index < -0.39 is 0 Å². The van der Waals surface area contributed by atoms with Crippen LogP contribution in [0.15, 0.2) is 36.7 Å². The van der Waals surface area contributed by atoms with Crippen LogP contribution in [0, 0.1) is 5.92 Å². The first-order valence-electron chi connectivity index (χ1n) is 12.7. The van der Waals surface area contributed by atoms with Crippen molar-refractivity contribution in [3.63, 3.8) is 0 Å². The van der Waals surface area contributed by atoms with Gasteiger partial charge in [-0.15, -0.1) is 0 Å². The lowest BCUT2D eigenvalue weighted by Crippen LogP contribution is -2.39. The Kier molecular flexibility index (Phi) is 7.11. The normalized spacial score (nSPS) is 20.8. The lowest BCUT2D eigenvalue weighted by atomic mass is 9.87. The molecule has 1 saturated carbocycles. The highest BCUT2D eigenvalue weighted by molar-refractivity contribution is 5.95. The van der Waals surface area contributed by atoms with Gasteiger partial charge in [-0.05, 0) is 61.7 Å². The molecule has 0 atom stereocenters. The molecule has 0 radical (unpaired) electrons. The number of likely N-dealkylation sites (N-methyl/N-ethyl adjacent to an activating group) is 1. The van der Waals surface area contributed by atoms with Crippen LogP contribution in [0.5, 0.6) is 0 Å². The molecule has 186 valence electrons. The van der Waals surface area contributed by atoms with Crippen molar-refractivity contribution >= 4 is 22.5 Å². The van der Waals surface area contributed by atoms with Crippen molar-refractivity contribution in [3.8, 4) is 11.1 Å². The van der Waals surface area contributed by atoms with Gasteiger partial charge in [0.1, 0.15) is 12.5 Å². The van der Waals surface area contributed by atoms with Crippen LogP contribution in [-0.2, 0) is 17.9 Å². The number of fused-ring (bicyclic) bond motifs is 2. The predicted octanol–water partition coefficient (Wildman–Crippen LogP) is 4.33. The molecule has 3 aromatic rings. The van der Waals surface area contributed by atoms with Crippen LogP contribution in [0.1, 0.15) is 38.3 Å². The molecule has 1 N–H and O–H groups in total. The Balaban J connectivity index is 1.29. The van der Waals surface area contributed by atoms with Gasteiger partial charge in [0.05, 0.1) is 25.0 Å². The van der Waals surface area contributed by atoms with Gasteiger partial charge in [-0.2, -0.15) is 5.10 Å². The zero-order valence-corrected chi connectivity index (χ0v) is 20.7. The first kappa shape index (κ1) is 23.9. The van der Waals surface area contributed by atoms with Crippen molar-refractivity contribution in [2.24, 2.45) is 5.92 Å². The van der Waals surface area contributed by atoms with Crippen LogP contribution < -0.4 is 5.32 Å². The minimum atomic E-state index is -0.337. The fraction of sp³-hybridized carbons (Fsp3) is 0.519. The molecule has 1 aliphatic heterocycles. The summed E-state index contributed by atoms with van der Waals surface area (Å²) >= 11 is 0. The molecule has 1 amide bonds. The van der Waals surface area contributed by atoms with Crippen molar-refractivity contribution in [1.82, 2.24) is 24.6 Å². The van der Waals surface area contributed by atoms with E-state index in [1.54, 1.807) is 6.20 Å². The number of rotatable bonds is 7. The summed E-state index contributed by atoms with van der Waals surface area (Å²) in [6.45, 7) is 5.09. The van der Waals surface area contributed by atoms with Gasteiger partial charge in [-0.1, -0.05) is 19.1 Å². The monoisotopic (exact) mass is 478 g/mol. The SMILES string of the molecule is CC1CCC(N(C)CC(=O)Nc2cc3cc(-c4cnn5c4CN(CCF)CC5)ccc3cn2)CC1. The van der Waals surface area contributed by atoms with Crippen molar-refractivity contribution < 1.29 is 9.18 Å². The number of aromatic nitrogens is 3. The summed E-state index contributed by atoms with van der Waals surface area (Å²) in [6.07, 6.45) is 8.50. The number of nitrogens with one attached hydrogen (secondary N) is 1. The summed E-state index contributed by atoms with van der Waals surface area (Å²) in [4.78, 5) is 21.5. The van der Waals surface area contributed by atoms with Crippen LogP contribution in [-0.4, -0.2) is 69.9 Å². The first-order chi connectivity index (χ1) is 17.0. The fourth-order valence-corrected chi connectivity index (χ4v) is 5.45. The Hall–Kier alpha value is -2.84. The maximum absolute atomic E-state index is 12.9. The molecule has 1 aromatic carbocycles. The number of carbonyl (C=O) groups is 1. The quantitative estimate of drug-likeness (QED) is 0.548. The van der Waals surface area contributed by atoms with Crippen molar-refractivity contribution in [3.05, 3.63) is 42.4 Å². The third-order valence-electron chi connectivity index (χ3n) is 7.65. The molecular weight excluding hydrogens is 443 g/mol. The number of pyridine rings is 1. The maximum Gasteiger partial charge on any atom is 0.239 e. The minimum Gasteiger partial charge on any atom is -0.310 e. The Bertz CT molecular complexity index is 1190. The van der Waals surface area contributed by atoms with Gasteiger partial charge >= 0.3 is 0 Å². The molecule has 1 fully saturated rings. The van der Waals surface area contributed by atoms with Crippen LogP contribution in [0.3, 0.4) is 0 Å². The zero-order valence-electron chi connectivity index (χ0n) is 20.7. The van der Waals surface area contributed by atoms with E-state index in [4.69, 9.17) is 0 Å². The lowest BCUT2D eigenvalue weighted by Gasteiger charge is -2.33. The van der Waals surface area contributed by atoms with Crippen molar-refractivity contribution in [1.29, 1.82) is 0 Å². The molecule has 1 aliphatic carbocycles. The molecule has 0 bridgehead atoms. The smallest absolute Gasteiger partial charge is 0.239 e. The van der Waals surface area contributed by atoms with Gasteiger partial charge in [-0.25, -0.2) is 9.37 Å². The van der Waals surface area contributed by atoms with E-state index in [1.165, 1.54) is 12.8 Å². The van der Waals surface area contributed by atoms with Gasteiger partial charge in [0.25, 0.3) is 0 Å². The molecule has 2 aliphatic rings. The summed E-state index contributed by atoms with van der Waals surface area (Å²) in [5.74, 6) is 1.33. The standard InChI is InChI=1S/C27H35FN6O/c1-19-3-7-23(8-4-19)32(2)18-27(35)31-26-14-22-13-20(5-6-21(22)15-29-26)24-16-30-34-12-11-33(10-9-28)17-25(24)34/h5-6,13-16,19,23H,3-4,7-12,17-18H2,1-2H3,(H,29,31,35). The third kappa shape index (κ3) is 5.38. The molecule has 2 aromatic heterocycles. The number of carbonyl (C=O) groups excluding carboxylic acids is 1. The number of hydrogen-bond acceptors (Lipinski definition) is 5. The van der Waals surface area contributed by atoms with Gasteiger partial charge in [-0.3, -0.25) is 19.3 Å². The number of nitrogens with zero attached hydrogens (tertiary/aromatic N) is 5. The second-order valence-corrected chi connectivity index (χ2v) is 10.2. The summed E-state index contributed by atoms with van der Waals surface area (Å²) < 4.78 is 14.9. The van der Waals surface area contributed by atoms with Gasteiger partial charge in [0.2, 0.25) is 5.91 Å². The molecule has 3 heterocycles. The minimum absolute atomic E-state index is 0.0345. The number of anilines is 1. The van der Waals surface area contributed by atoms with Crippen molar-refractivity contribution in [2.45, 2.75) is 51.7 Å². The molecule has 0 unspecified atom stereocenters. The molecule has 35 heavy (non-hydrogen) atoms. The van der Waals surface area contributed by atoms with E-state index in [2.05, 4.69) is 44.3 Å². The highest BCUT2D eigenvalue weighted by Gasteiger charge is 2.23. The van der Waals surface area contributed by atoms with Gasteiger partial charge in [0.15, 0.2) is 0 Å². The van der Waals surface area contributed by atoms with Gasteiger partial charge in [0, 0.05) is 42.8 Å². The van der Waals surface area contributed by atoms with E-state index in [1.807, 2.05) is 30.1 Å². The average molecular weight is 479 g/mol. The molecular formula is C27H35FN6O. The van der Waals surface area contributed by atoms with E-state index in [0.717, 1.165) is 59.4 Å². The van der Waals surface area contributed by atoms with E-state index >= 15 is 0 Å². The highest BCUT2D eigenvalue weighted by Crippen LogP contribution is 2.30. The van der Waals surface area contributed by atoms with E-state index in [9.17, 15) is 9.18 Å². The Morgan fingerprint density at radius 2 is 1.97 bits per heavy atom. The predicted molar refractivity (Wildman–Crippen MR) is 137 cm³/mol. The third-order valence-corrected chi connectivity index (χ3v) is 7.65. The molecule has 7 nitrogen and oxygen atoms in total. The van der Waals surface area contributed by atoms with E-state index in [0.29, 0.717) is 31.5 Å². The summed E-state index contributed by atoms with van der Waals surface area (Å²) in [5, 5.41) is 9.57. The molecule has 8 heteroatoms. The number of alkyl halides is 1. The Morgan fingerprint density at radius 3 is 2.77 bits per heavy atom. The molecule has 0 spiro atoms. The van der Waals surface area contributed by atoms with Crippen molar-refractivity contribution in [2.75, 3.05) is 38.7 Å².